The molecule has 0 saturated heterocycles. The topological polar surface area (TPSA) is 34.0 Å². The third kappa shape index (κ3) is 3.03. The molecule has 1 rings (SSSR count). The fourth-order valence-electron chi connectivity index (χ4n) is 1.27. The Kier molecular flexibility index (Phi) is 3.71. The lowest BCUT2D eigenvalue weighted by atomic mass is 10.1. The molecule has 0 bridgehead atoms. The van der Waals surface area contributed by atoms with Crippen LogP contribution in [0.1, 0.15) is 12.0 Å². The van der Waals surface area contributed by atoms with E-state index in [1.54, 1.807) is 17.7 Å². The number of nitrogens with one attached hydrogen (secondary N) is 1. The molecule has 0 spiro atoms. The minimum absolute atomic E-state index is 0.0531. The maximum absolute atomic E-state index is 11.1. The van der Waals surface area contributed by atoms with Crippen LogP contribution in [-0.4, -0.2) is 18.2 Å². The van der Waals surface area contributed by atoms with Crippen LogP contribution >= 0.6 is 0 Å². The monoisotopic (exact) mass is 180 g/mol. The van der Waals surface area contributed by atoms with Crippen molar-refractivity contribution >= 4 is 0 Å². The van der Waals surface area contributed by atoms with Gasteiger partial charge in [-0.2, -0.15) is 0 Å². The van der Waals surface area contributed by atoms with Gasteiger partial charge >= 0.3 is 0 Å². The molecule has 3 nitrogen and oxygen atoms in total. The molecule has 0 unspecified atom stereocenters. The molecule has 3 heteroatoms. The van der Waals surface area contributed by atoms with Gasteiger partial charge in [0.2, 0.25) is 5.56 Å². The first-order valence-electron chi connectivity index (χ1n) is 4.54. The summed E-state index contributed by atoms with van der Waals surface area (Å²) in [5.74, 6) is 0. The van der Waals surface area contributed by atoms with Crippen molar-refractivity contribution in [3.8, 4) is 0 Å². The van der Waals surface area contributed by atoms with E-state index in [2.05, 4.69) is 5.32 Å². The van der Waals surface area contributed by atoms with E-state index in [-0.39, 0.29) is 5.56 Å². The summed E-state index contributed by atoms with van der Waals surface area (Å²) in [6.07, 6.45) is 4.03. The summed E-state index contributed by atoms with van der Waals surface area (Å²) in [5, 5.41) is 3.10. The zero-order valence-electron chi connectivity index (χ0n) is 8.21. The second-order valence-electron chi connectivity index (χ2n) is 3.19. The van der Waals surface area contributed by atoms with E-state index in [1.165, 1.54) is 5.56 Å². The highest BCUT2D eigenvalue weighted by Crippen LogP contribution is 1.98. The van der Waals surface area contributed by atoms with Crippen LogP contribution in [0.4, 0.5) is 0 Å². The summed E-state index contributed by atoms with van der Waals surface area (Å²) in [4.78, 5) is 11.1. The predicted octanol–water partition coefficient (Wildman–Crippen LogP) is 0.537. The number of aryl methyl sites for hydroxylation is 2. The molecule has 1 aromatic heterocycles. The highest BCUT2D eigenvalue weighted by Gasteiger charge is 1.94. The van der Waals surface area contributed by atoms with Crippen molar-refractivity contribution in [2.75, 3.05) is 13.6 Å². The van der Waals surface area contributed by atoms with E-state index in [4.69, 9.17) is 0 Å². The Morgan fingerprint density at radius 3 is 2.85 bits per heavy atom. The van der Waals surface area contributed by atoms with E-state index >= 15 is 0 Å². The van der Waals surface area contributed by atoms with E-state index < -0.39 is 0 Å². The summed E-state index contributed by atoms with van der Waals surface area (Å²) in [6.45, 7) is 1.02. The summed E-state index contributed by atoms with van der Waals surface area (Å²) >= 11 is 0. The van der Waals surface area contributed by atoms with Gasteiger partial charge in [0.05, 0.1) is 0 Å². The Morgan fingerprint density at radius 2 is 2.23 bits per heavy atom. The molecular formula is C10H16N2O. The van der Waals surface area contributed by atoms with Crippen LogP contribution in [0.15, 0.2) is 23.1 Å². The first-order valence-corrected chi connectivity index (χ1v) is 4.54. The van der Waals surface area contributed by atoms with Gasteiger partial charge in [0, 0.05) is 19.3 Å². The van der Waals surface area contributed by atoms with Gasteiger partial charge in [-0.25, -0.2) is 0 Å². The van der Waals surface area contributed by atoms with Crippen LogP contribution in [0.5, 0.6) is 0 Å². The molecule has 0 aromatic carbocycles. The Bertz CT molecular complexity index is 317. The van der Waals surface area contributed by atoms with Crippen molar-refractivity contribution in [1.29, 1.82) is 0 Å². The Hall–Kier alpha value is -1.09. The number of aromatic nitrogens is 1. The molecule has 0 amide bonds. The fraction of sp³-hybridized carbons (Fsp3) is 0.500. The van der Waals surface area contributed by atoms with Gasteiger partial charge in [0.15, 0.2) is 0 Å². The second kappa shape index (κ2) is 4.82. The van der Waals surface area contributed by atoms with Crippen LogP contribution in [0.25, 0.3) is 0 Å². The molecule has 0 aliphatic heterocycles. The molecule has 72 valence electrons. The number of hydrogen-bond acceptors (Lipinski definition) is 2. The van der Waals surface area contributed by atoms with Crippen molar-refractivity contribution in [2.24, 2.45) is 7.05 Å². The maximum Gasteiger partial charge on any atom is 0.250 e. The second-order valence-corrected chi connectivity index (χ2v) is 3.19. The normalized spacial score (nSPS) is 10.3. The fourth-order valence-corrected chi connectivity index (χ4v) is 1.27. The third-order valence-corrected chi connectivity index (χ3v) is 2.04. The largest absolute Gasteiger partial charge is 0.320 e. The highest BCUT2D eigenvalue weighted by molar-refractivity contribution is 5.09. The first kappa shape index (κ1) is 9.99. The smallest absolute Gasteiger partial charge is 0.250 e. The van der Waals surface area contributed by atoms with Crippen molar-refractivity contribution in [1.82, 2.24) is 9.88 Å². The minimum Gasteiger partial charge on any atom is -0.320 e. The average molecular weight is 180 g/mol. The molecule has 1 aromatic rings. The van der Waals surface area contributed by atoms with Gasteiger partial charge in [0.25, 0.3) is 0 Å². The van der Waals surface area contributed by atoms with Crippen molar-refractivity contribution in [3.05, 3.63) is 34.2 Å². The zero-order chi connectivity index (χ0) is 9.68. The van der Waals surface area contributed by atoms with Crippen molar-refractivity contribution in [3.63, 3.8) is 0 Å². The van der Waals surface area contributed by atoms with E-state index in [9.17, 15) is 4.79 Å². The van der Waals surface area contributed by atoms with Gasteiger partial charge in [-0.05, 0) is 32.0 Å². The first-order chi connectivity index (χ1) is 6.24. The molecule has 0 aliphatic carbocycles. The highest BCUT2D eigenvalue weighted by atomic mass is 16.1. The number of pyridine rings is 1. The standard InChI is InChI=1S/C10H16N2O/c1-11-7-3-4-9-5-6-10(13)12(2)8-9/h5-6,8,11H,3-4,7H2,1-2H3. The number of rotatable bonds is 4. The van der Waals surface area contributed by atoms with Crippen LogP contribution < -0.4 is 10.9 Å². The average Bonchev–Trinajstić information content (AvgIpc) is 2.12. The zero-order valence-corrected chi connectivity index (χ0v) is 8.21. The van der Waals surface area contributed by atoms with E-state index in [0.717, 1.165) is 19.4 Å². The van der Waals surface area contributed by atoms with Crippen molar-refractivity contribution < 1.29 is 0 Å². The van der Waals surface area contributed by atoms with Gasteiger partial charge in [-0.1, -0.05) is 6.07 Å². The molecule has 0 atom stereocenters. The summed E-state index contributed by atoms with van der Waals surface area (Å²) in [7, 11) is 3.73. The quantitative estimate of drug-likeness (QED) is 0.686. The molecule has 1 N–H and O–H groups in total. The van der Waals surface area contributed by atoms with Gasteiger partial charge in [0.1, 0.15) is 0 Å². The molecule has 0 fully saturated rings. The van der Waals surface area contributed by atoms with E-state index in [0.29, 0.717) is 0 Å². The maximum atomic E-state index is 11.1. The van der Waals surface area contributed by atoms with Crippen LogP contribution in [0, 0.1) is 0 Å². The van der Waals surface area contributed by atoms with Crippen LogP contribution in [-0.2, 0) is 13.5 Å². The molecule has 0 radical (unpaired) electrons. The van der Waals surface area contributed by atoms with Gasteiger partial charge in [-0.3, -0.25) is 4.79 Å². The Morgan fingerprint density at radius 1 is 1.46 bits per heavy atom. The summed E-state index contributed by atoms with van der Waals surface area (Å²) in [6, 6.07) is 3.52. The van der Waals surface area contributed by atoms with Crippen LogP contribution in [0.2, 0.25) is 0 Å². The van der Waals surface area contributed by atoms with E-state index in [1.807, 2.05) is 19.3 Å². The summed E-state index contributed by atoms with van der Waals surface area (Å²) in [5.41, 5.74) is 1.27. The molecular weight excluding hydrogens is 164 g/mol. The number of nitrogens with zero attached hydrogens (tertiary/aromatic N) is 1. The number of hydrogen-bond donors (Lipinski definition) is 1. The molecule has 0 saturated carbocycles. The van der Waals surface area contributed by atoms with Crippen molar-refractivity contribution in [2.45, 2.75) is 12.8 Å². The Balaban J connectivity index is 2.58. The minimum atomic E-state index is 0.0531. The van der Waals surface area contributed by atoms with Crippen LogP contribution in [0.3, 0.4) is 0 Å². The predicted molar refractivity (Wildman–Crippen MR) is 53.9 cm³/mol. The SMILES string of the molecule is CNCCCc1ccc(=O)n(C)c1. The lowest BCUT2D eigenvalue weighted by molar-refractivity contribution is 0.717. The summed E-state index contributed by atoms with van der Waals surface area (Å²) < 4.78 is 1.62. The van der Waals surface area contributed by atoms with Gasteiger partial charge < -0.3 is 9.88 Å². The van der Waals surface area contributed by atoms with Gasteiger partial charge in [-0.15, -0.1) is 0 Å². The lowest BCUT2D eigenvalue weighted by Crippen LogP contribution is -2.15. The third-order valence-electron chi connectivity index (χ3n) is 2.04. The molecule has 13 heavy (non-hydrogen) atoms. The Labute approximate surface area is 78.4 Å². The lowest BCUT2D eigenvalue weighted by Gasteiger charge is -2.02. The molecule has 0 aliphatic rings. The molecule has 1 heterocycles.